The van der Waals surface area contributed by atoms with Crippen LogP contribution in [0.5, 0.6) is 0 Å². The van der Waals surface area contributed by atoms with Gasteiger partial charge in [0.15, 0.2) is 5.13 Å². The Labute approximate surface area is 140 Å². The van der Waals surface area contributed by atoms with Gasteiger partial charge >= 0.3 is 0 Å². The van der Waals surface area contributed by atoms with E-state index in [4.69, 9.17) is 0 Å². The molecule has 0 bridgehead atoms. The number of nitrogens with zero attached hydrogens (tertiary/aromatic N) is 3. The minimum atomic E-state index is -0.426. The molecule has 0 saturated heterocycles. The van der Waals surface area contributed by atoms with E-state index in [0.29, 0.717) is 35.7 Å². The van der Waals surface area contributed by atoms with Crippen molar-refractivity contribution in [2.75, 3.05) is 17.2 Å². The Hall–Kier alpha value is -3.01. The van der Waals surface area contributed by atoms with Crippen molar-refractivity contribution in [3.8, 4) is 0 Å². The number of nitrogens with one attached hydrogen (secondary N) is 3. The molecule has 1 amide bonds. The average Bonchev–Trinajstić information content (AvgIpc) is 3.19. The van der Waals surface area contributed by atoms with E-state index in [-0.39, 0.29) is 11.6 Å². The maximum atomic E-state index is 11.7. The number of aromatic amines is 1. The van der Waals surface area contributed by atoms with Crippen LogP contribution in [-0.2, 0) is 4.79 Å². The van der Waals surface area contributed by atoms with Gasteiger partial charge in [0.05, 0.1) is 27.0 Å². The Morgan fingerprint density at radius 1 is 1.42 bits per heavy atom. The molecule has 9 nitrogen and oxygen atoms in total. The third-order valence-corrected chi connectivity index (χ3v) is 4.20. The lowest BCUT2D eigenvalue weighted by molar-refractivity contribution is -0.384. The van der Waals surface area contributed by atoms with E-state index in [1.807, 2.05) is 0 Å². The van der Waals surface area contributed by atoms with Crippen LogP contribution in [0.3, 0.4) is 0 Å². The van der Waals surface area contributed by atoms with Crippen molar-refractivity contribution in [3.63, 3.8) is 0 Å². The lowest BCUT2D eigenvalue weighted by Gasteiger charge is -2.03. The molecule has 0 unspecified atom stereocenters. The zero-order chi connectivity index (χ0) is 16.9. The summed E-state index contributed by atoms with van der Waals surface area (Å²) in [7, 11) is 0. The molecule has 3 aromatic rings. The molecule has 0 aliphatic carbocycles. The molecule has 0 fully saturated rings. The summed E-state index contributed by atoms with van der Waals surface area (Å²) in [6.07, 6.45) is 4.15. The maximum Gasteiger partial charge on any atom is 0.270 e. The van der Waals surface area contributed by atoms with E-state index >= 15 is 0 Å². The highest BCUT2D eigenvalue weighted by molar-refractivity contribution is 7.22. The Bertz CT molecular complexity index is 861. The molecule has 3 rings (SSSR count). The van der Waals surface area contributed by atoms with Gasteiger partial charge in [-0.1, -0.05) is 11.3 Å². The van der Waals surface area contributed by atoms with Gasteiger partial charge < -0.3 is 10.6 Å². The number of nitro groups is 1. The number of nitro benzene ring substituents is 1. The summed E-state index contributed by atoms with van der Waals surface area (Å²) in [4.78, 5) is 26.4. The number of aromatic nitrogens is 3. The third-order valence-electron chi connectivity index (χ3n) is 3.22. The highest BCUT2D eigenvalue weighted by Crippen LogP contribution is 2.29. The fraction of sp³-hybridized carbons (Fsp3) is 0.214. The Balaban J connectivity index is 1.49. The number of hydrogen-bond acceptors (Lipinski definition) is 7. The normalized spacial score (nSPS) is 10.7. The van der Waals surface area contributed by atoms with Gasteiger partial charge in [-0.25, -0.2) is 4.98 Å². The van der Waals surface area contributed by atoms with Crippen LogP contribution in [0, 0.1) is 10.1 Å². The minimum Gasteiger partial charge on any atom is -0.361 e. The summed E-state index contributed by atoms with van der Waals surface area (Å²) >= 11 is 1.35. The number of anilines is 2. The summed E-state index contributed by atoms with van der Waals surface area (Å²) in [5.74, 6) is -0.0851. The van der Waals surface area contributed by atoms with Crippen LogP contribution in [0.2, 0.25) is 0 Å². The monoisotopic (exact) mass is 346 g/mol. The standard InChI is InChI=1S/C14H14N6O3S/c21-13(18-9-7-16-17-8-9)2-1-5-15-14-19-11-4-3-10(20(22)23)6-12(11)24-14/h3-4,6-8H,1-2,5H2,(H,15,19)(H,16,17)(H,18,21). The lowest BCUT2D eigenvalue weighted by Crippen LogP contribution is -2.12. The van der Waals surface area contributed by atoms with Gasteiger partial charge in [-0.3, -0.25) is 20.0 Å². The van der Waals surface area contributed by atoms with Crippen LogP contribution in [0.4, 0.5) is 16.5 Å². The van der Waals surface area contributed by atoms with E-state index in [2.05, 4.69) is 25.8 Å². The minimum absolute atomic E-state index is 0.0496. The van der Waals surface area contributed by atoms with Crippen molar-refractivity contribution in [3.05, 3.63) is 40.7 Å². The first-order chi connectivity index (χ1) is 11.6. The summed E-state index contributed by atoms with van der Waals surface area (Å²) in [6, 6.07) is 4.58. The molecule has 3 N–H and O–H groups in total. The molecule has 0 saturated carbocycles. The Morgan fingerprint density at radius 3 is 3.04 bits per heavy atom. The van der Waals surface area contributed by atoms with Crippen molar-refractivity contribution >= 4 is 44.0 Å². The molecule has 0 atom stereocenters. The summed E-state index contributed by atoms with van der Waals surface area (Å²) < 4.78 is 0.754. The molecule has 0 aliphatic rings. The van der Waals surface area contributed by atoms with Gasteiger partial charge in [0.2, 0.25) is 5.91 Å². The molecule has 2 heterocycles. The molecule has 124 valence electrons. The number of fused-ring (bicyclic) bond motifs is 1. The first-order valence-electron chi connectivity index (χ1n) is 7.19. The predicted molar refractivity (Wildman–Crippen MR) is 91.2 cm³/mol. The highest BCUT2D eigenvalue weighted by Gasteiger charge is 2.10. The SMILES string of the molecule is O=C(CCCNc1nc2ccc([N+](=O)[O-])cc2s1)Nc1cn[nH]c1. The van der Waals surface area contributed by atoms with Crippen LogP contribution in [-0.4, -0.2) is 32.6 Å². The number of H-pyrrole nitrogens is 1. The topological polar surface area (TPSA) is 126 Å². The molecule has 0 spiro atoms. The Morgan fingerprint density at radius 2 is 2.29 bits per heavy atom. The zero-order valence-corrected chi connectivity index (χ0v) is 13.3. The van der Waals surface area contributed by atoms with E-state index in [0.717, 1.165) is 4.70 Å². The van der Waals surface area contributed by atoms with Gasteiger partial charge in [-0.2, -0.15) is 5.10 Å². The maximum absolute atomic E-state index is 11.7. The number of benzene rings is 1. The number of carbonyl (C=O) groups excluding carboxylic acids is 1. The fourth-order valence-corrected chi connectivity index (χ4v) is 3.01. The van der Waals surface area contributed by atoms with E-state index in [9.17, 15) is 14.9 Å². The van der Waals surface area contributed by atoms with Crippen LogP contribution < -0.4 is 10.6 Å². The second-order valence-electron chi connectivity index (χ2n) is 4.99. The first-order valence-corrected chi connectivity index (χ1v) is 8.01. The van der Waals surface area contributed by atoms with Gasteiger partial charge in [0, 0.05) is 31.3 Å². The number of non-ortho nitro benzene ring substituents is 1. The smallest absolute Gasteiger partial charge is 0.270 e. The largest absolute Gasteiger partial charge is 0.361 e. The van der Waals surface area contributed by atoms with Crippen LogP contribution in [0.25, 0.3) is 10.2 Å². The molecule has 2 aromatic heterocycles. The van der Waals surface area contributed by atoms with Crippen LogP contribution in [0.1, 0.15) is 12.8 Å². The van der Waals surface area contributed by atoms with Crippen molar-refractivity contribution in [2.24, 2.45) is 0 Å². The van der Waals surface area contributed by atoms with Gasteiger partial charge in [0.1, 0.15) is 0 Å². The van der Waals surface area contributed by atoms with E-state index < -0.39 is 4.92 Å². The van der Waals surface area contributed by atoms with Crippen LogP contribution in [0.15, 0.2) is 30.6 Å². The summed E-state index contributed by atoms with van der Waals surface area (Å²) in [5, 5.41) is 23.7. The summed E-state index contributed by atoms with van der Waals surface area (Å²) in [5.41, 5.74) is 1.40. The quantitative estimate of drug-likeness (QED) is 0.343. The molecule has 24 heavy (non-hydrogen) atoms. The molecular weight excluding hydrogens is 332 g/mol. The third kappa shape index (κ3) is 3.84. The van der Waals surface area contributed by atoms with Gasteiger partial charge in [0.25, 0.3) is 5.69 Å². The zero-order valence-electron chi connectivity index (χ0n) is 12.5. The van der Waals surface area contributed by atoms with Crippen molar-refractivity contribution in [1.82, 2.24) is 15.2 Å². The molecular formula is C14H14N6O3S. The Kier molecular flexibility index (Phi) is 4.66. The molecule has 0 radical (unpaired) electrons. The summed E-state index contributed by atoms with van der Waals surface area (Å²) in [6.45, 7) is 0.584. The molecule has 0 aliphatic heterocycles. The molecule has 10 heteroatoms. The number of amides is 1. The van der Waals surface area contributed by atoms with E-state index in [1.165, 1.54) is 29.7 Å². The van der Waals surface area contributed by atoms with Gasteiger partial charge in [-0.05, 0) is 12.5 Å². The number of hydrogen-bond donors (Lipinski definition) is 3. The number of thiazole rings is 1. The van der Waals surface area contributed by atoms with Crippen molar-refractivity contribution in [1.29, 1.82) is 0 Å². The van der Waals surface area contributed by atoms with Crippen molar-refractivity contribution < 1.29 is 9.72 Å². The highest BCUT2D eigenvalue weighted by atomic mass is 32.1. The average molecular weight is 346 g/mol. The number of rotatable bonds is 7. The second-order valence-corrected chi connectivity index (χ2v) is 6.02. The first kappa shape index (κ1) is 15.9. The predicted octanol–water partition coefficient (Wildman–Crippen LogP) is 2.76. The van der Waals surface area contributed by atoms with E-state index in [1.54, 1.807) is 12.3 Å². The second kappa shape index (κ2) is 7.04. The fourth-order valence-electron chi connectivity index (χ4n) is 2.09. The lowest BCUT2D eigenvalue weighted by atomic mass is 10.3. The number of carbonyl (C=O) groups is 1. The molecule has 1 aromatic carbocycles. The van der Waals surface area contributed by atoms with Crippen LogP contribution >= 0.6 is 11.3 Å². The van der Waals surface area contributed by atoms with Gasteiger partial charge in [-0.15, -0.1) is 0 Å². The van der Waals surface area contributed by atoms with Crippen molar-refractivity contribution in [2.45, 2.75) is 12.8 Å².